The molecule has 25 heavy (non-hydrogen) atoms. The van der Waals surface area contributed by atoms with Crippen LogP contribution >= 0.6 is 0 Å². The maximum atomic E-state index is 13.1. The van der Waals surface area contributed by atoms with Gasteiger partial charge in [0.2, 0.25) is 0 Å². The number of hydrogen-bond acceptors (Lipinski definition) is 3. The minimum Gasteiger partial charge on any atom is -0.338 e. The van der Waals surface area contributed by atoms with Crippen LogP contribution in [0.1, 0.15) is 6.42 Å². The Morgan fingerprint density at radius 1 is 1.16 bits per heavy atom. The van der Waals surface area contributed by atoms with Crippen LogP contribution < -0.4 is 16.3 Å². The summed E-state index contributed by atoms with van der Waals surface area (Å²) in [6.07, 6.45) is 2.11. The molecule has 7 nitrogen and oxygen atoms in total. The van der Waals surface area contributed by atoms with Gasteiger partial charge < -0.3 is 10.6 Å². The highest BCUT2D eigenvalue weighted by molar-refractivity contribution is 5.89. The number of carbonyl (C=O) groups excluding carboxylic acids is 1. The van der Waals surface area contributed by atoms with E-state index in [0.717, 1.165) is 12.1 Å². The van der Waals surface area contributed by atoms with Crippen LogP contribution in [0.2, 0.25) is 0 Å². The Hall–Kier alpha value is -3.23. The van der Waals surface area contributed by atoms with Crippen molar-refractivity contribution in [1.82, 2.24) is 19.5 Å². The summed E-state index contributed by atoms with van der Waals surface area (Å²) in [5, 5.41) is 9.15. The molecule has 0 aliphatic heterocycles. The van der Waals surface area contributed by atoms with Crippen LogP contribution in [0.4, 0.5) is 19.3 Å². The van der Waals surface area contributed by atoms with Gasteiger partial charge in [0.15, 0.2) is 17.3 Å². The molecule has 0 fully saturated rings. The van der Waals surface area contributed by atoms with E-state index in [-0.39, 0.29) is 17.9 Å². The minimum absolute atomic E-state index is 0.146. The van der Waals surface area contributed by atoms with Gasteiger partial charge in [-0.15, -0.1) is 5.10 Å². The molecule has 0 saturated carbocycles. The highest BCUT2D eigenvalue weighted by Gasteiger charge is 2.07. The van der Waals surface area contributed by atoms with Gasteiger partial charge in [0.1, 0.15) is 0 Å². The molecule has 0 radical (unpaired) electrons. The summed E-state index contributed by atoms with van der Waals surface area (Å²) in [5.41, 5.74) is 0.450. The van der Waals surface area contributed by atoms with Crippen molar-refractivity contribution in [3.63, 3.8) is 0 Å². The van der Waals surface area contributed by atoms with Crippen molar-refractivity contribution >= 4 is 17.4 Å². The number of fused-ring (bicyclic) bond motifs is 1. The number of aryl methyl sites for hydroxylation is 1. The van der Waals surface area contributed by atoms with E-state index in [9.17, 15) is 18.4 Å². The number of anilines is 1. The van der Waals surface area contributed by atoms with Crippen molar-refractivity contribution in [2.24, 2.45) is 0 Å². The molecule has 2 aromatic heterocycles. The van der Waals surface area contributed by atoms with Gasteiger partial charge in [-0.1, -0.05) is 6.07 Å². The molecule has 0 atom stereocenters. The van der Waals surface area contributed by atoms with Gasteiger partial charge in [-0.25, -0.2) is 23.1 Å². The van der Waals surface area contributed by atoms with Crippen molar-refractivity contribution in [2.45, 2.75) is 13.0 Å². The quantitative estimate of drug-likeness (QED) is 0.693. The Kier molecular flexibility index (Phi) is 4.73. The Balaban J connectivity index is 1.49. The highest BCUT2D eigenvalue weighted by atomic mass is 19.2. The average molecular weight is 347 g/mol. The zero-order valence-electron chi connectivity index (χ0n) is 13.1. The number of nitrogens with one attached hydrogen (secondary N) is 2. The number of benzene rings is 1. The molecule has 3 rings (SSSR count). The van der Waals surface area contributed by atoms with E-state index >= 15 is 0 Å². The van der Waals surface area contributed by atoms with E-state index in [1.165, 1.54) is 15.1 Å². The van der Waals surface area contributed by atoms with E-state index in [0.29, 0.717) is 18.6 Å². The molecule has 0 bridgehead atoms. The number of rotatable bonds is 5. The fourth-order valence-corrected chi connectivity index (χ4v) is 2.29. The van der Waals surface area contributed by atoms with Gasteiger partial charge in [0, 0.05) is 31.0 Å². The van der Waals surface area contributed by atoms with Gasteiger partial charge in [0.25, 0.3) is 0 Å². The van der Waals surface area contributed by atoms with Gasteiger partial charge in [-0.2, -0.15) is 0 Å². The van der Waals surface area contributed by atoms with Crippen molar-refractivity contribution in [3.8, 4) is 0 Å². The lowest BCUT2D eigenvalue weighted by atomic mass is 10.3. The number of urea groups is 1. The SMILES string of the molecule is O=C(NCCCn1nc2ccccn2c1=O)Nc1ccc(F)c(F)c1. The maximum Gasteiger partial charge on any atom is 0.350 e. The zero-order valence-corrected chi connectivity index (χ0v) is 13.1. The number of amides is 2. The standard InChI is InChI=1S/C16H15F2N5O2/c17-12-6-5-11(10-13(12)18)20-15(24)19-7-3-9-23-16(25)22-8-2-1-4-14(22)21-23/h1-2,4-6,8,10H,3,7,9H2,(H2,19,20,24). The summed E-state index contributed by atoms with van der Waals surface area (Å²) in [7, 11) is 0. The molecule has 130 valence electrons. The fraction of sp³-hybridized carbons (Fsp3) is 0.188. The molecular formula is C16H15F2N5O2. The zero-order chi connectivity index (χ0) is 17.8. The first kappa shape index (κ1) is 16.6. The van der Waals surface area contributed by atoms with E-state index < -0.39 is 17.7 Å². The molecule has 2 N–H and O–H groups in total. The molecule has 0 unspecified atom stereocenters. The highest BCUT2D eigenvalue weighted by Crippen LogP contribution is 2.12. The Morgan fingerprint density at radius 2 is 2.00 bits per heavy atom. The van der Waals surface area contributed by atoms with Gasteiger partial charge in [-0.05, 0) is 30.7 Å². The number of halogens is 2. The monoisotopic (exact) mass is 347 g/mol. The van der Waals surface area contributed by atoms with E-state index in [1.54, 1.807) is 24.4 Å². The van der Waals surface area contributed by atoms with Crippen molar-refractivity contribution in [2.75, 3.05) is 11.9 Å². The van der Waals surface area contributed by atoms with Crippen molar-refractivity contribution < 1.29 is 13.6 Å². The van der Waals surface area contributed by atoms with Crippen LogP contribution in [0.25, 0.3) is 5.65 Å². The van der Waals surface area contributed by atoms with Crippen molar-refractivity contribution in [3.05, 3.63) is 64.7 Å². The van der Waals surface area contributed by atoms with Gasteiger partial charge in [0.05, 0.1) is 0 Å². The summed E-state index contributed by atoms with van der Waals surface area (Å²) in [6, 6.07) is 7.79. The Labute approximate surface area is 140 Å². The first-order valence-corrected chi connectivity index (χ1v) is 7.59. The average Bonchev–Trinajstić information content (AvgIpc) is 2.92. The molecule has 0 aliphatic rings. The van der Waals surface area contributed by atoms with Crippen LogP contribution in [0.5, 0.6) is 0 Å². The molecule has 2 heterocycles. The van der Waals surface area contributed by atoms with E-state index in [4.69, 9.17) is 0 Å². The fourth-order valence-electron chi connectivity index (χ4n) is 2.29. The number of hydrogen-bond donors (Lipinski definition) is 2. The van der Waals surface area contributed by atoms with E-state index in [2.05, 4.69) is 15.7 Å². The smallest absolute Gasteiger partial charge is 0.338 e. The molecule has 9 heteroatoms. The minimum atomic E-state index is -1.04. The van der Waals surface area contributed by atoms with Crippen LogP contribution in [-0.4, -0.2) is 26.8 Å². The predicted molar refractivity (Wildman–Crippen MR) is 87.4 cm³/mol. The normalized spacial score (nSPS) is 10.8. The lowest BCUT2D eigenvalue weighted by Crippen LogP contribution is -2.31. The Bertz CT molecular complexity index is 967. The van der Waals surface area contributed by atoms with Crippen LogP contribution in [0, 0.1) is 11.6 Å². The largest absolute Gasteiger partial charge is 0.350 e. The summed E-state index contributed by atoms with van der Waals surface area (Å²) < 4.78 is 28.6. The summed E-state index contributed by atoms with van der Waals surface area (Å²) in [4.78, 5) is 23.8. The summed E-state index contributed by atoms with van der Waals surface area (Å²) in [5.74, 6) is -2.02. The third-order valence-corrected chi connectivity index (χ3v) is 3.50. The summed E-state index contributed by atoms with van der Waals surface area (Å²) in [6.45, 7) is 0.627. The molecule has 1 aromatic carbocycles. The molecule has 2 amide bonds. The second kappa shape index (κ2) is 7.12. The predicted octanol–water partition coefficient (Wildman–Crippen LogP) is 1.99. The topological polar surface area (TPSA) is 80.4 Å². The lowest BCUT2D eigenvalue weighted by Gasteiger charge is -2.07. The number of aromatic nitrogens is 3. The van der Waals surface area contributed by atoms with Crippen LogP contribution in [0.15, 0.2) is 47.4 Å². The number of nitrogens with zero attached hydrogens (tertiary/aromatic N) is 3. The lowest BCUT2D eigenvalue weighted by molar-refractivity contribution is 0.251. The first-order valence-electron chi connectivity index (χ1n) is 7.59. The second-order valence-electron chi connectivity index (χ2n) is 5.30. The number of carbonyl (C=O) groups is 1. The maximum absolute atomic E-state index is 13.1. The third kappa shape index (κ3) is 3.82. The van der Waals surface area contributed by atoms with Crippen LogP contribution in [0.3, 0.4) is 0 Å². The first-order chi connectivity index (χ1) is 12.0. The molecular weight excluding hydrogens is 332 g/mol. The van der Waals surface area contributed by atoms with Crippen molar-refractivity contribution in [1.29, 1.82) is 0 Å². The molecule has 0 spiro atoms. The van der Waals surface area contributed by atoms with E-state index in [1.807, 2.05) is 0 Å². The van der Waals surface area contributed by atoms with Crippen LogP contribution in [-0.2, 0) is 6.54 Å². The number of pyridine rings is 1. The van der Waals surface area contributed by atoms with Gasteiger partial charge >= 0.3 is 11.7 Å². The Morgan fingerprint density at radius 3 is 2.76 bits per heavy atom. The summed E-state index contributed by atoms with van der Waals surface area (Å²) >= 11 is 0. The third-order valence-electron chi connectivity index (χ3n) is 3.50. The molecule has 0 saturated heterocycles. The van der Waals surface area contributed by atoms with Gasteiger partial charge in [-0.3, -0.25) is 4.40 Å². The molecule has 3 aromatic rings. The second-order valence-corrected chi connectivity index (χ2v) is 5.30. The molecule has 0 aliphatic carbocycles.